The molecule has 5 nitrogen and oxygen atoms in total. The summed E-state index contributed by atoms with van der Waals surface area (Å²) in [6.45, 7) is 3.82. The van der Waals surface area contributed by atoms with Gasteiger partial charge in [-0.2, -0.15) is 0 Å². The van der Waals surface area contributed by atoms with Gasteiger partial charge in [0.2, 0.25) is 0 Å². The first kappa shape index (κ1) is 57.8. The van der Waals surface area contributed by atoms with Crippen molar-refractivity contribution in [3.8, 4) is 0 Å². The van der Waals surface area contributed by atoms with E-state index in [2.05, 4.69) is 148 Å². The van der Waals surface area contributed by atoms with Crippen LogP contribution in [-0.2, 0) is 19.1 Å². The summed E-state index contributed by atoms with van der Waals surface area (Å²) < 4.78 is 10.6. The lowest BCUT2D eigenvalue weighted by Gasteiger charge is -2.15. The van der Waals surface area contributed by atoms with Gasteiger partial charge >= 0.3 is 11.9 Å². The minimum atomic E-state index is -0.817. The van der Waals surface area contributed by atoms with E-state index in [0.717, 1.165) is 96.3 Å². The first-order valence-corrected chi connectivity index (χ1v) is 24.4. The van der Waals surface area contributed by atoms with Gasteiger partial charge in [0.25, 0.3) is 0 Å². The summed E-state index contributed by atoms with van der Waals surface area (Å²) in [5.41, 5.74) is 0. The first-order chi connectivity index (χ1) is 30.6. The third kappa shape index (κ3) is 48.4. The van der Waals surface area contributed by atoms with E-state index >= 15 is 0 Å². The standard InChI is InChI=1S/C57H88O5/c1-3-5-7-9-11-13-15-17-19-21-23-24-25-26-27-28-29-30-31-32-34-36-38-40-42-44-46-48-50-52-57(60)62-55(53-58)54-61-56(59)51-49-47-45-43-41-39-37-35-33-22-20-18-16-14-12-10-8-6-4-2/h5-8,11-14,17-20,23-24,26-27,29-30,33,35,39,41,45,47,55,58H,3-4,9-10,15-16,21-22,25,28,31-32,34,36-38,40,42-44,46,48-54H2,1-2H3/b7-5-,8-6-,13-11-,14-12-,19-17-,20-18-,24-23-,27-26-,30-29-,35-33-,41-39-,47-45-. The maximum Gasteiger partial charge on any atom is 0.306 e. The minimum absolute atomic E-state index is 0.118. The summed E-state index contributed by atoms with van der Waals surface area (Å²) in [5, 5.41) is 9.61. The zero-order chi connectivity index (χ0) is 44.9. The Kier molecular flexibility index (Phi) is 47.7. The number of rotatable bonds is 42. The number of carbonyl (C=O) groups excluding carboxylic acids is 2. The van der Waals surface area contributed by atoms with Crippen LogP contribution >= 0.6 is 0 Å². The number of unbranched alkanes of at least 4 members (excludes halogenated alkanes) is 10. The van der Waals surface area contributed by atoms with Crippen LogP contribution in [0.1, 0.15) is 181 Å². The van der Waals surface area contributed by atoms with Gasteiger partial charge in [-0.1, -0.05) is 211 Å². The molecule has 1 N–H and O–H groups in total. The summed E-state index contributed by atoms with van der Waals surface area (Å²) in [6, 6.07) is 0. The van der Waals surface area contributed by atoms with Crippen LogP contribution in [0.4, 0.5) is 0 Å². The summed E-state index contributed by atoms with van der Waals surface area (Å²) in [4.78, 5) is 24.4. The first-order valence-electron chi connectivity index (χ1n) is 24.4. The third-order valence-corrected chi connectivity index (χ3v) is 9.64. The number of hydrogen-bond acceptors (Lipinski definition) is 5. The molecule has 1 atom stereocenters. The van der Waals surface area contributed by atoms with Crippen molar-refractivity contribution in [1.29, 1.82) is 0 Å². The van der Waals surface area contributed by atoms with Gasteiger partial charge < -0.3 is 14.6 Å². The second kappa shape index (κ2) is 51.1. The molecule has 0 radical (unpaired) electrons. The summed E-state index contributed by atoms with van der Waals surface area (Å²) in [5.74, 6) is -0.706. The van der Waals surface area contributed by atoms with Gasteiger partial charge in [-0.05, 0) is 103 Å². The average Bonchev–Trinajstić information content (AvgIpc) is 3.28. The molecule has 0 aromatic rings. The van der Waals surface area contributed by atoms with Crippen LogP contribution in [0, 0.1) is 0 Å². The molecule has 0 amide bonds. The van der Waals surface area contributed by atoms with E-state index in [1.54, 1.807) is 0 Å². The quantitative estimate of drug-likeness (QED) is 0.0376. The fraction of sp³-hybridized carbons (Fsp3) is 0.544. The molecular weight excluding hydrogens is 765 g/mol. The van der Waals surface area contributed by atoms with E-state index in [9.17, 15) is 14.7 Å². The van der Waals surface area contributed by atoms with Crippen molar-refractivity contribution in [3.05, 3.63) is 146 Å². The van der Waals surface area contributed by atoms with E-state index in [1.807, 2.05) is 12.2 Å². The van der Waals surface area contributed by atoms with Crippen molar-refractivity contribution in [2.24, 2.45) is 0 Å². The minimum Gasteiger partial charge on any atom is -0.462 e. The third-order valence-electron chi connectivity index (χ3n) is 9.64. The Morgan fingerprint density at radius 2 is 0.677 bits per heavy atom. The molecule has 62 heavy (non-hydrogen) atoms. The highest BCUT2D eigenvalue weighted by molar-refractivity contribution is 5.70. The smallest absolute Gasteiger partial charge is 0.306 e. The number of allylic oxidation sites excluding steroid dienone is 24. The predicted octanol–water partition coefficient (Wildman–Crippen LogP) is 16.3. The molecule has 0 aromatic carbocycles. The fourth-order valence-corrected chi connectivity index (χ4v) is 6.05. The summed E-state index contributed by atoms with van der Waals surface area (Å²) >= 11 is 0. The second-order valence-corrected chi connectivity index (χ2v) is 15.4. The fourth-order valence-electron chi connectivity index (χ4n) is 6.05. The molecule has 1 unspecified atom stereocenters. The molecule has 0 bridgehead atoms. The Bertz CT molecular complexity index is 1380. The molecule has 0 saturated heterocycles. The van der Waals surface area contributed by atoms with E-state index in [1.165, 1.54) is 51.4 Å². The van der Waals surface area contributed by atoms with Crippen LogP contribution < -0.4 is 0 Å². The highest BCUT2D eigenvalue weighted by atomic mass is 16.6. The zero-order valence-electron chi connectivity index (χ0n) is 39.3. The Morgan fingerprint density at radius 3 is 1.03 bits per heavy atom. The highest BCUT2D eigenvalue weighted by Crippen LogP contribution is 2.13. The number of aliphatic hydroxyl groups excluding tert-OH is 1. The molecule has 0 fully saturated rings. The molecular formula is C57H88O5. The molecule has 0 spiro atoms. The van der Waals surface area contributed by atoms with Crippen molar-refractivity contribution in [1.82, 2.24) is 0 Å². The van der Waals surface area contributed by atoms with Gasteiger partial charge in [-0.3, -0.25) is 9.59 Å². The number of esters is 2. The lowest BCUT2D eigenvalue weighted by Crippen LogP contribution is -2.28. The average molecular weight is 853 g/mol. The van der Waals surface area contributed by atoms with E-state index in [4.69, 9.17) is 9.47 Å². The van der Waals surface area contributed by atoms with Crippen LogP contribution in [0.15, 0.2) is 146 Å². The molecule has 346 valence electrons. The molecule has 5 heteroatoms. The Hall–Kier alpha value is -4.22. The number of hydrogen-bond donors (Lipinski definition) is 1. The largest absolute Gasteiger partial charge is 0.462 e. The van der Waals surface area contributed by atoms with Gasteiger partial charge in [0, 0.05) is 12.8 Å². The van der Waals surface area contributed by atoms with Crippen molar-refractivity contribution >= 4 is 11.9 Å². The normalized spacial score (nSPS) is 13.5. The molecule has 0 heterocycles. The molecule has 0 aromatic heterocycles. The Balaban J connectivity index is 3.67. The van der Waals surface area contributed by atoms with Crippen molar-refractivity contribution in [3.63, 3.8) is 0 Å². The summed E-state index contributed by atoms with van der Waals surface area (Å²) in [7, 11) is 0. The number of carbonyl (C=O) groups is 2. The SMILES string of the molecule is CC/C=C\C/C=C\C/C=C\C/C=C\C/C=C\C/C=C\CCCCCCCCCCCCC(=O)OC(CO)COC(=O)CC/C=C\C/C=C\C/C=C\C/C=C\C/C=C\C/C=C\CC. The van der Waals surface area contributed by atoms with Crippen LogP contribution in [0.25, 0.3) is 0 Å². The Labute approximate surface area is 380 Å². The van der Waals surface area contributed by atoms with Gasteiger partial charge in [0.1, 0.15) is 6.61 Å². The van der Waals surface area contributed by atoms with E-state index in [-0.39, 0.29) is 31.6 Å². The maximum atomic E-state index is 12.3. The van der Waals surface area contributed by atoms with Crippen LogP contribution in [0.3, 0.4) is 0 Å². The zero-order valence-corrected chi connectivity index (χ0v) is 39.3. The van der Waals surface area contributed by atoms with Crippen molar-refractivity contribution < 1.29 is 24.2 Å². The molecule has 0 aliphatic rings. The van der Waals surface area contributed by atoms with Crippen molar-refractivity contribution in [2.45, 2.75) is 187 Å². The van der Waals surface area contributed by atoms with Gasteiger partial charge in [-0.25, -0.2) is 0 Å². The molecule has 0 rings (SSSR count). The molecule has 0 aliphatic heterocycles. The lowest BCUT2D eigenvalue weighted by atomic mass is 10.0. The number of ether oxygens (including phenoxy) is 2. The van der Waals surface area contributed by atoms with Gasteiger partial charge in [0.15, 0.2) is 6.10 Å². The maximum absolute atomic E-state index is 12.3. The predicted molar refractivity (Wildman–Crippen MR) is 269 cm³/mol. The molecule has 0 saturated carbocycles. The van der Waals surface area contributed by atoms with Crippen LogP contribution in [-0.4, -0.2) is 36.4 Å². The monoisotopic (exact) mass is 853 g/mol. The summed E-state index contributed by atoms with van der Waals surface area (Å²) in [6.07, 6.45) is 78.0. The van der Waals surface area contributed by atoms with Crippen LogP contribution in [0.5, 0.6) is 0 Å². The topological polar surface area (TPSA) is 72.8 Å². The van der Waals surface area contributed by atoms with Gasteiger partial charge in [-0.15, -0.1) is 0 Å². The van der Waals surface area contributed by atoms with Crippen LogP contribution in [0.2, 0.25) is 0 Å². The van der Waals surface area contributed by atoms with Crippen molar-refractivity contribution in [2.75, 3.05) is 13.2 Å². The van der Waals surface area contributed by atoms with E-state index < -0.39 is 6.10 Å². The number of aliphatic hydroxyl groups is 1. The van der Waals surface area contributed by atoms with E-state index in [0.29, 0.717) is 12.8 Å². The Morgan fingerprint density at radius 1 is 0.371 bits per heavy atom. The lowest BCUT2D eigenvalue weighted by molar-refractivity contribution is -0.161. The highest BCUT2D eigenvalue weighted by Gasteiger charge is 2.15. The van der Waals surface area contributed by atoms with Gasteiger partial charge in [0.05, 0.1) is 6.61 Å². The second-order valence-electron chi connectivity index (χ2n) is 15.4. The molecule has 0 aliphatic carbocycles.